The van der Waals surface area contributed by atoms with Crippen molar-refractivity contribution in [3.63, 3.8) is 0 Å². The molecule has 0 radical (unpaired) electrons. The maximum Gasteiger partial charge on any atom is 0.367 e. The summed E-state index contributed by atoms with van der Waals surface area (Å²) in [5, 5.41) is 0. The maximum absolute atomic E-state index is 10.7. The SMILES string of the molecule is C=CCOCC(=O)OOCC=C. The molecular formula is C8H12O4. The van der Waals surface area contributed by atoms with Crippen molar-refractivity contribution in [2.24, 2.45) is 0 Å². The Morgan fingerprint density at radius 1 is 1.25 bits per heavy atom. The summed E-state index contributed by atoms with van der Waals surface area (Å²) >= 11 is 0. The molecule has 4 heteroatoms. The Morgan fingerprint density at radius 2 is 1.92 bits per heavy atom. The molecule has 0 aliphatic rings. The first kappa shape index (κ1) is 10.9. The Kier molecular flexibility index (Phi) is 7.22. The van der Waals surface area contributed by atoms with Crippen LogP contribution in [0.4, 0.5) is 0 Å². The van der Waals surface area contributed by atoms with Crippen molar-refractivity contribution in [3.8, 4) is 0 Å². The van der Waals surface area contributed by atoms with Crippen LogP contribution in [-0.2, 0) is 19.3 Å². The lowest BCUT2D eigenvalue weighted by Gasteiger charge is -2.00. The van der Waals surface area contributed by atoms with Crippen molar-refractivity contribution < 1.29 is 19.3 Å². The smallest absolute Gasteiger partial charge is 0.366 e. The van der Waals surface area contributed by atoms with Crippen molar-refractivity contribution in [2.75, 3.05) is 19.8 Å². The minimum Gasteiger partial charge on any atom is -0.366 e. The molecule has 0 aliphatic carbocycles. The zero-order valence-electron chi connectivity index (χ0n) is 6.82. The predicted octanol–water partition coefficient (Wildman–Crippen LogP) is 0.850. The van der Waals surface area contributed by atoms with E-state index in [4.69, 9.17) is 4.74 Å². The van der Waals surface area contributed by atoms with Crippen LogP contribution in [0.3, 0.4) is 0 Å². The third kappa shape index (κ3) is 6.98. The van der Waals surface area contributed by atoms with Gasteiger partial charge in [0.15, 0.2) is 0 Å². The van der Waals surface area contributed by atoms with Gasteiger partial charge in [-0.05, 0) is 0 Å². The van der Waals surface area contributed by atoms with E-state index in [1.165, 1.54) is 12.2 Å². The van der Waals surface area contributed by atoms with Crippen LogP contribution in [0.1, 0.15) is 0 Å². The molecule has 0 atom stereocenters. The van der Waals surface area contributed by atoms with Crippen molar-refractivity contribution in [3.05, 3.63) is 25.3 Å². The third-order valence-corrected chi connectivity index (χ3v) is 0.793. The first-order chi connectivity index (χ1) is 5.81. The number of ether oxygens (including phenoxy) is 1. The van der Waals surface area contributed by atoms with Gasteiger partial charge in [0.05, 0.1) is 6.61 Å². The van der Waals surface area contributed by atoms with Gasteiger partial charge < -0.3 is 4.74 Å². The highest BCUT2D eigenvalue weighted by Gasteiger charge is 2.01. The van der Waals surface area contributed by atoms with Gasteiger partial charge in [0.1, 0.15) is 13.2 Å². The summed E-state index contributed by atoms with van der Waals surface area (Å²) in [5.41, 5.74) is 0. The van der Waals surface area contributed by atoms with Crippen molar-refractivity contribution >= 4 is 5.97 Å². The van der Waals surface area contributed by atoms with E-state index >= 15 is 0 Å². The van der Waals surface area contributed by atoms with Gasteiger partial charge >= 0.3 is 5.97 Å². The van der Waals surface area contributed by atoms with Crippen LogP contribution in [0, 0.1) is 0 Å². The quantitative estimate of drug-likeness (QED) is 0.247. The monoisotopic (exact) mass is 172 g/mol. The van der Waals surface area contributed by atoms with Gasteiger partial charge in [-0.15, -0.1) is 13.2 Å². The second kappa shape index (κ2) is 7.97. The highest BCUT2D eigenvalue weighted by atomic mass is 17.2. The van der Waals surface area contributed by atoms with Crippen molar-refractivity contribution in [1.29, 1.82) is 0 Å². The zero-order chi connectivity index (χ0) is 9.23. The standard InChI is InChI=1S/C8H12O4/c1-3-5-10-7-8(9)12-11-6-4-2/h3-4H,1-2,5-7H2. The second-order valence-electron chi connectivity index (χ2n) is 1.83. The summed E-state index contributed by atoms with van der Waals surface area (Å²) in [7, 11) is 0. The van der Waals surface area contributed by atoms with Gasteiger partial charge in [0, 0.05) is 0 Å². The fourth-order valence-corrected chi connectivity index (χ4v) is 0.398. The van der Waals surface area contributed by atoms with Crippen molar-refractivity contribution in [2.45, 2.75) is 0 Å². The molecule has 0 saturated heterocycles. The summed E-state index contributed by atoms with van der Waals surface area (Å²) in [6.07, 6.45) is 3.01. The summed E-state index contributed by atoms with van der Waals surface area (Å²) in [5.74, 6) is -0.571. The Bertz CT molecular complexity index is 137. The Hall–Kier alpha value is -1.13. The van der Waals surface area contributed by atoms with Gasteiger partial charge in [-0.3, -0.25) is 4.89 Å². The van der Waals surface area contributed by atoms with E-state index in [1.807, 2.05) is 0 Å². The molecule has 0 N–H and O–H groups in total. The predicted molar refractivity (Wildman–Crippen MR) is 43.3 cm³/mol. The van der Waals surface area contributed by atoms with Crippen LogP contribution >= 0.6 is 0 Å². The normalized spacial score (nSPS) is 9.00. The van der Waals surface area contributed by atoms with E-state index in [2.05, 4.69) is 22.9 Å². The molecule has 0 unspecified atom stereocenters. The molecule has 0 aromatic carbocycles. The zero-order valence-corrected chi connectivity index (χ0v) is 6.82. The van der Waals surface area contributed by atoms with Crippen LogP contribution in [0.25, 0.3) is 0 Å². The fourth-order valence-electron chi connectivity index (χ4n) is 0.398. The molecule has 68 valence electrons. The molecule has 0 aromatic rings. The largest absolute Gasteiger partial charge is 0.367 e. The summed E-state index contributed by atoms with van der Waals surface area (Å²) in [6, 6.07) is 0. The molecule has 0 aromatic heterocycles. The summed E-state index contributed by atoms with van der Waals surface area (Å²) in [4.78, 5) is 19.3. The highest BCUT2D eigenvalue weighted by molar-refractivity contribution is 5.69. The lowest BCUT2D eigenvalue weighted by atomic mass is 10.7. The summed E-state index contributed by atoms with van der Waals surface area (Å²) in [6.45, 7) is 7.14. The van der Waals surface area contributed by atoms with E-state index < -0.39 is 5.97 Å². The van der Waals surface area contributed by atoms with E-state index in [0.717, 1.165) is 0 Å². The molecular weight excluding hydrogens is 160 g/mol. The Morgan fingerprint density at radius 3 is 2.50 bits per heavy atom. The fraction of sp³-hybridized carbons (Fsp3) is 0.375. The Balaban J connectivity index is 3.21. The molecule has 4 nitrogen and oxygen atoms in total. The van der Waals surface area contributed by atoms with Gasteiger partial charge in [-0.25, -0.2) is 4.79 Å². The van der Waals surface area contributed by atoms with E-state index in [9.17, 15) is 4.79 Å². The van der Waals surface area contributed by atoms with E-state index in [1.54, 1.807) is 0 Å². The van der Waals surface area contributed by atoms with Crippen molar-refractivity contribution in [1.82, 2.24) is 0 Å². The van der Waals surface area contributed by atoms with E-state index in [-0.39, 0.29) is 13.2 Å². The minimum absolute atomic E-state index is 0.136. The average molecular weight is 172 g/mol. The number of rotatable bonds is 7. The number of hydrogen-bond acceptors (Lipinski definition) is 4. The number of carbonyl (C=O) groups excluding carboxylic acids is 1. The average Bonchev–Trinajstić information content (AvgIpc) is 2.06. The molecule has 0 heterocycles. The molecule has 0 amide bonds. The van der Waals surface area contributed by atoms with Crippen LogP contribution < -0.4 is 0 Å². The topological polar surface area (TPSA) is 44.8 Å². The number of carbonyl (C=O) groups is 1. The van der Waals surface area contributed by atoms with Crippen LogP contribution in [0.5, 0.6) is 0 Å². The highest BCUT2D eigenvalue weighted by Crippen LogP contribution is 1.84. The molecule has 0 bridgehead atoms. The molecule has 0 fully saturated rings. The van der Waals surface area contributed by atoms with Crippen LogP contribution in [0.15, 0.2) is 25.3 Å². The lowest BCUT2D eigenvalue weighted by molar-refractivity contribution is -0.268. The Labute approximate surface area is 71.3 Å². The van der Waals surface area contributed by atoms with Gasteiger partial charge in [-0.1, -0.05) is 12.2 Å². The third-order valence-electron chi connectivity index (χ3n) is 0.793. The van der Waals surface area contributed by atoms with E-state index in [0.29, 0.717) is 6.61 Å². The van der Waals surface area contributed by atoms with Gasteiger partial charge in [0.2, 0.25) is 0 Å². The molecule has 0 spiro atoms. The molecule has 0 saturated carbocycles. The first-order valence-electron chi connectivity index (χ1n) is 3.43. The first-order valence-corrected chi connectivity index (χ1v) is 3.43. The second-order valence-corrected chi connectivity index (χ2v) is 1.83. The van der Waals surface area contributed by atoms with Gasteiger partial charge in [0.25, 0.3) is 0 Å². The van der Waals surface area contributed by atoms with Gasteiger partial charge in [-0.2, -0.15) is 4.89 Å². The van der Waals surface area contributed by atoms with Crippen LogP contribution in [-0.4, -0.2) is 25.8 Å². The molecule has 12 heavy (non-hydrogen) atoms. The molecule has 0 rings (SSSR count). The summed E-state index contributed by atoms with van der Waals surface area (Å²) < 4.78 is 4.78. The minimum atomic E-state index is -0.571. The lowest BCUT2D eigenvalue weighted by Crippen LogP contribution is -2.13. The maximum atomic E-state index is 10.7. The van der Waals surface area contributed by atoms with Crippen LogP contribution in [0.2, 0.25) is 0 Å². The molecule has 0 aliphatic heterocycles. The number of hydrogen-bond donors (Lipinski definition) is 0.